The van der Waals surface area contributed by atoms with Crippen molar-refractivity contribution in [2.24, 2.45) is 0 Å². The van der Waals surface area contributed by atoms with Crippen molar-refractivity contribution in [2.75, 3.05) is 0 Å². The van der Waals surface area contributed by atoms with Crippen molar-refractivity contribution in [3.63, 3.8) is 0 Å². The van der Waals surface area contributed by atoms with E-state index in [0.29, 0.717) is 0 Å². The van der Waals surface area contributed by atoms with E-state index in [2.05, 4.69) is 24.3 Å². The third-order valence-corrected chi connectivity index (χ3v) is 5.11. The lowest BCUT2D eigenvalue weighted by molar-refractivity contribution is 0.628. The Morgan fingerprint density at radius 1 is 0.533 bits per heavy atom. The molecule has 4 aromatic carbocycles. The molecule has 2 nitrogen and oxygen atoms in total. The van der Waals surface area contributed by atoms with E-state index in [1.54, 1.807) is 12.1 Å². The van der Waals surface area contributed by atoms with Crippen LogP contribution in [0.5, 0.6) is 0 Å². The SMILES string of the molecule is Fc1ccc(-c2nn(-c3ccccc3)c(-c3ccccc3)c2-c2ccccc2)cc1. The second kappa shape index (κ2) is 7.80. The van der Waals surface area contributed by atoms with Gasteiger partial charge in [0.15, 0.2) is 0 Å². The molecule has 1 aromatic heterocycles. The van der Waals surface area contributed by atoms with Gasteiger partial charge in [0, 0.05) is 16.7 Å². The topological polar surface area (TPSA) is 17.8 Å². The Hall–Kier alpha value is -3.98. The van der Waals surface area contributed by atoms with Gasteiger partial charge < -0.3 is 0 Å². The van der Waals surface area contributed by atoms with E-state index in [-0.39, 0.29) is 5.82 Å². The van der Waals surface area contributed by atoms with Gasteiger partial charge in [-0.15, -0.1) is 0 Å². The predicted octanol–water partition coefficient (Wildman–Crippen LogP) is 7.01. The van der Waals surface area contributed by atoms with Gasteiger partial charge in [-0.2, -0.15) is 5.10 Å². The van der Waals surface area contributed by atoms with Crippen LogP contribution in [0.25, 0.3) is 39.3 Å². The van der Waals surface area contributed by atoms with Crippen LogP contribution >= 0.6 is 0 Å². The maximum Gasteiger partial charge on any atom is 0.123 e. The molecule has 5 aromatic rings. The van der Waals surface area contributed by atoms with Crippen molar-refractivity contribution < 1.29 is 4.39 Å². The molecule has 30 heavy (non-hydrogen) atoms. The number of aromatic nitrogens is 2. The van der Waals surface area contributed by atoms with Crippen LogP contribution in [0, 0.1) is 5.82 Å². The highest BCUT2D eigenvalue weighted by atomic mass is 19.1. The van der Waals surface area contributed by atoms with Crippen molar-refractivity contribution in [3.05, 3.63) is 121 Å². The number of nitrogens with zero attached hydrogens (tertiary/aromatic N) is 2. The van der Waals surface area contributed by atoms with Crippen molar-refractivity contribution in [1.29, 1.82) is 0 Å². The summed E-state index contributed by atoms with van der Waals surface area (Å²) in [5.74, 6) is -0.259. The molecule has 0 amide bonds. The number of para-hydroxylation sites is 1. The molecule has 1 heterocycles. The average molecular weight is 390 g/mol. The first kappa shape index (κ1) is 18.1. The highest BCUT2D eigenvalue weighted by Gasteiger charge is 2.22. The van der Waals surface area contributed by atoms with Gasteiger partial charge >= 0.3 is 0 Å². The zero-order chi connectivity index (χ0) is 20.3. The highest BCUT2D eigenvalue weighted by Crippen LogP contribution is 2.41. The standard InChI is InChI=1S/C27H19FN2/c28-23-18-16-21(17-19-23)26-25(20-10-4-1-5-11-20)27(22-12-6-2-7-13-22)30(29-26)24-14-8-3-9-15-24/h1-19H. The second-order valence-electron chi connectivity index (χ2n) is 7.06. The molecule has 0 N–H and O–H groups in total. The van der Waals surface area contributed by atoms with Crippen molar-refractivity contribution in [2.45, 2.75) is 0 Å². The van der Waals surface area contributed by atoms with Crippen molar-refractivity contribution >= 4 is 0 Å². The average Bonchev–Trinajstić information content (AvgIpc) is 3.22. The van der Waals surface area contributed by atoms with Gasteiger partial charge in [0.2, 0.25) is 0 Å². The van der Waals surface area contributed by atoms with Crippen LogP contribution in [-0.4, -0.2) is 9.78 Å². The van der Waals surface area contributed by atoms with Gasteiger partial charge in [-0.25, -0.2) is 9.07 Å². The van der Waals surface area contributed by atoms with Gasteiger partial charge in [-0.1, -0.05) is 78.9 Å². The maximum absolute atomic E-state index is 13.6. The third-order valence-electron chi connectivity index (χ3n) is 5.11. The summed E-state index contributed by atoms with van der Waals surface area (Å²) in [6.45, 7) is 0. The van der Waals surface area contributed by atoms with Crippen LogP contribution in [0.1, 0.15) is 0 Å². The predicted molar refractivity (Wildman–Crippen MR) is 120 cm³/mol. The fraction of sp³-hybridized carbons (Fsp3) is 0. The Morgan fingerprint density at radius 2 is 1.07 bits per heavy atom. The zero-order valence-electron chi connectivity index (χ0n) is 16.2. The molecular weight excluding hydrogens is 371 g/mol. The Balaban J connectivity index is 1.88. The van der Waals surface area contributed by atoms with E-state index >= 15 is 0 Å². The molecule has 144 valence electrons. The van der Waals surface area contributed by atoms with Crippen LogP contribution < -0.4 is 0 Å². The minimum Gasteiger partial charge on any atom is -0.232 e. The minimum absolute atomic E-state index is 0.259. The first-order valence-electron chi connectivity index (χ1n) is 9.86. The summed E-state index contributed by atoms with van der Waals surface area (Å²) in [6.07, 6.45) is 0. The van der Waals surface area contributed by atoms with E-state index in [4.69, 9.17) is 5.10 Å². The first-order valence-corrected chi connectivity index (χ1v) is 9.86. The van der Waals surface area contributed by atoms with Gasteiger partial charge in [-0.05, 0) is 42.0 Å². The molecule has 0 atom stereocenters. The number of halogens is 1. The Morgan fingerprint density at radius 3 is 1.67 bits per heavy atom. The molecule has 0 fully saturated rings. The number of benzene rings is 4. The van der Waals surface area contributed by atoms with E-state index in [1.165, 1.54) is 12.1 Å². The fourth-order valence-electron chi connectivity index (χ4n) is 3.72. The Kier molecular flexibility index (Phi) is 4.70. The Labute approximate surface area is 174 Å². The van der Waals surface area contributed by atoms with E-state index < -0.39 is 0 Å². The molecule has 0 aliphatic heterocycles. The summed E-state index contributed by atoms with van der Waals surface area (Å²) in [4.78, 5) is 0. The second-order valence-corrected chi connectivity index (χ2v) is 7.06. The summed E-state index contributed by atoms with van der Waals surface area (Å²) in [6, 6.07) is 37.1. The van der Waals surface area contributed by atoms with E-state index in [0.717, 1.165) is 39.3 Å². The quantitative estimate of drug-likeness (QED) is 0.323. The lowest BCUT2D eigenvalue weighted by Gasteiger charge is -2.11. The van der Waals surface area contributed by atoms with Gasteiger partial charge in [0.1, 0.15) is 11.5 Å². The summed E-state index contributed by atoms with van der Waals surface area (Å²) in [7, 11) is 0. The molecule has 0 saturated heterocycles. The molecule has 0 radical (unpaired) electrons. The van der Waals surface area contributed by atoms with Crippen molar-refractivity contribution in [3.8, 4) is 39.3 Å². The molecule has 0 bridgehead atoms. The summed E-state index contributed by atoms with van der Waals surface area (Å²) in [5, 5.41) is 5.03. The third kappa shape index (κ3) is 3.31. The highest BCUT2D eigenvalue weighted by molar-refractivity contribution is 5.92. The van der Waals surface area contributed by atoms with Gasteiger partial charge in [0.25, 0.3) is 0 Å². The number of hydrogen-bond donors (Lipinski definition) is 0. The lowest BCUT2D eigenvalue weighted by Crippen LogP contribution is -1.99. The minimum atomic E-state index is -0.259. The molecule has 3 heteroatoms. The number of rotatable bonds is 4. The molecule has 5 rings (SSSR count). The van der Waals surface area contributed by atoms with Crippen LogP contribution in [-0.2, 0) is 0 Å². The largest absolute Gasteiger partial charge is 0.232 e. The summed E-state index contributed by atoms with van der Waals surface area (Å²) < 4.78 is 15.6. The molecule has 0 aliphatic carbocycles. The van der Waals surface area contributed by atoms with Crippen LogP contribution in [0.3, 0.4) is 0 Å². The lowest BCUT2D eigenvalue weighted by atomic mass is 9.96. The molecule has 0 saturated carbocycles. The zero-order valence-corrected chi connectivity index (χ0v) is 16.2. The first-order chi connectivity index (χ1) is 14.8. The maximum atomic E-state index is 13.6. The van der Waals surface area contributed by atoms with E-state index in [9.17, 15) is 4.39 Å². The summed E-state index contributed by atoms with van der Waals surface area (Å²) >= 11 is 0. The normalized spacial score (nSPS) is 10.8. The van der Waals surface area contributed by atoms with E-state index in [1.807, 2.05) is 71.4 Å². The molecule has 0 spiro atoms. The van der Waals surface area contributed by atoms with Gasteiger partial charge in [-0.3, -0.25) is 0 Å². The van der Waals surface area contributed by atoms with Gasteiger partial charge in [0.05, 0.1) is 11.4 Å². The van der Waals surface area contributed by atoms with Crippen molar-refractivity contribution in [1.82, 2.24) is 9.78 Å². The van der Waals surface area contributed by atoms with Crippen LogP contribution in [0.4, 0.5) is 4.39 Å². The van der Waals surface area contributed by atoms with Crippen LogP contribution in [0.15, 0.2) is 115 Å². The monoisotopic (exact) mass is 390 g/mol. The Bertz CT molecular complexity index is 1260. The smallest absolute Gasteiger partial charge is 0.123 e. The van der Waals surface area contributed by atoms with Crippen LogP contribution in [0.2, 0.25) is 0 Å². The molecular formula is C27H19FN2. The molecule has 0 unspecified atom stereocenters. The molecule has 0 aliphatic rings. The fourth-order valence-corrected chi connectivity index (χ4v) is 3.72. The summed E-state index contributed by atoms with van der Waals surface area (Å²) in [5.41, 5.74) is 6.84. The number of hydrogen-bond acceptors (Lipinski definition) is 1.